The van der Waals surface area contributed by atoms with Crippen LogP contribution in [0.1, 0.15) is 186 Å². The third-order valence-corrected chi connectivity index (χ3v) is 17.5. The summed E-state index contributed by atoms with van der Waals surface area (Å²) in [5.74, 6) is 5.34. The lowest BCUT2D eigenvalue weighted by Crippen LogP contribution is -2.73. The van der Waals surface area contributed by atoms with Gasteiger partial charge in [0.15, 0.2) is 0 Å². The molecule has 280 valence electrons. The van der Waals surface area contributed by atoms with Crippen molar-refractivity contribution < 1.29 is 0 Å². The average molecular weight is 686 g/mol. The number of hydrogen-bond donors (Lipinski definition) is 3. The van der Waals surface area contributed by atoms with Crippen LogP contribution in [0.15, 0.2) is 11.3 Å². The predicted octanol–water partition coefficient (Wildman–Crippen LogP) is 9.58. The van der Waals surface area contributed by atoms with Crippen molar-refractivity contribution >= 4 is 0 Å². The summed E-state index contributed by atoms with van der Waals surface area (Å²) in [6.07, 6.45) is 43.9. The summed E-state index contributed by atoms with van der Waals surface area (Å²) < 4.78 is 0. The van der Waals surface area contributed by atoms with E-state index in [4.69, 9.17) is 0 Å². The zero-order chi connectivity index (χ0) is 33.0. The molecule has 7 aliphatic carbocycles. The van der Waals surface area contributed by atoms with Crippen molar-refractivity contribution in [1.82, 2.24) is 25.8 Å². The minimum Gasteiger partial charge on any atom is -0.368 e. The van der Waals surface area contributed by atoms with Crippen molar-refractivity contribution in [2.24, 2.45) is 35.5 Å². The van der Waals surface area contributed by atoms with Crippen molar-refractivity contribution in [1.29, 1.82) is 0 Å². The van der Waals surface area contributed by atoms with Crippen LogP contribution in [0.2, 0.25) is 0 Å². The lowest BCUT2D eigenvalue weighted by Gasteiger charge is -2.52. The summed E-state index contributed by atoms with van der Waals surface area (Å²) in [5.41, 5.74) is 3.82. The van der Waals surface area contributed by atoms with Crippen LogP contribution < -0.4 is 16.0 Å². The van der Waals surface area contributed by atoms with E-state index in [0.717, 1.165) is 65.7 Å². The third-order valence-electron chi connectivity index (χ3n) is 17.5. The minimum atomic E-state index is 0.484. The summed E-state index contributed by atoms with van der Waals surface area (Å²) in [7, 11) is 0. The number of allylic oxidation sites excluding steroid dienone is 1. The molecule has 5 nitrogen and oxygen atoms in total. The van der Waals surface area contributed by atoms with Gasteiger partial charge in [0.05, 0.1) is 18.5 Å². The Bertz CT molecular complexity index is 1170. The number of rotatable bonds is 5. The Labute approximate surface area is 306 Å². The second-order valence-corrected chi connectivity index (χ2v) is 20.0. The van der Waals surface area contributed by atoms with Gasteiger partial charge >= 0.3 is 0 Å². The molecule has 3 N–H and O–H groups in total. The van der Waals surface area contributed by atoms with Gasteiger partial charge in [0.1, 0.15) is 0 Å². The third kappa shape index (κ3) is 6.28. The Morgan fingerprint density at radius 2 is 0.920 bits per heavy atom. The fourth-order valence-electron chi connectivity index (χ4n) is 15.5. The molecule has 2 saturated heterocycles. The van der Waals surface area contributed by atoms with Gasteiger partial charge in [0.25, 0.3) is 0 Å². The van der Waals surface area contributed by atoms with Crippen LogP contribution in [0.5, 0.6) is 0 Å². The van der Waals surface area contributed by atoms with Crippen molar-refractivity contribution in [2.45, 2.75) is 235 Å². The van der Waals surface area contributed by atoms with Gasteiger partial charge in [0, 0.05) is 41.8 Å². The highest BCUT2D eigenvalue weighted by molar-refractivity contribution is 5.29. The van der Waals surface area contributed by atoms with Crippen molar-refractivity contribution in [2.75, 3.05) is 0 Å². The predicted molar refractivity (Wildman–Crippen MR) is 205 cm³/mol. The van der Waals surface area contributed by atoms with E-state index in [0.29, 0.717) is 18.5 Å². The van der Waals surface area contributed by atoms with Crippen LogP contribution in [0, 0.1) is 35.5 Å². The Kier molecular flexibility index (Phi) is 10.1. The van der Waals surface area contributed by atoms with Crippen LogP contribution in [-0.4, -0.2) is 58.5 Å². The van der Waals surface area contributed by atoms with Crippen LogP contribution in [0.25, 0.3) is 0 Å². The molecule has 0 spiro atoms. The first-order chi connectivity index (χ1) is 24.8. The van der Waals surface area contributed by atoms with E-state index in [1.807, 2.05) is 11.3 Å². The highest BCUT2D eigenvalue weighted by atomic mass is 15.4. The lowest BCUT2D eigenvalue weighted by atomic mass is 9.73. The molecule has 13 unspecified atom stereocenters. The molecule has 0 aromatic heterocycles. The summed E-state index contributed by atoms with van der Waals surface area (Å²) in [5, 5.41) is 13.2. The first-order valence-electron chi connectivity index (χ1n) is 23.4. The maximum atomic E-state index is 4.44. The molecule has 13 atom stereocenters. The van der Waals surface area contributed by atoms with E-state index < -0.39 is 0 Å². The molecule has 0 radical (unpaired) electrons. The molecule has 0 aromatic carbocycles. The van der Waals surface area contributed by atoms with E-state index in [2.05, 4.69) is 25.8 Å². The Morgan fingerprint density at radius 1 is 0.400 bits per heavy atom. The summed E-state index contributed by atoms with van der Waals surface area (Å²) in [4.78, 5) is 6.39. The topological polar surface area (TPSA) is 42.6 Å². The number of likely N-dealkylation sites (tertiary alicyclic amines) is 1. The lowest BCUT2D eigenvalue weighted by molar-refractivity contribution is 0.0126. The molecule has 10 rings (SSSR count). The van der Waals surface area contributed by atoms with E-state index >= 15 is 0 Å². The largest absolute Gasteiger partial charge is 0.368 e. The van der Waals surface area contributed by atoms with Crippen molar-refractivity contribution in [3.8, 4) is 0 Å². The average Bonchev–Trinajstić information content (AvgIpc) is 3.71. The summed E-state index contributed by atoms with van der Waals surface area (Å²) in [6.45, 7) is 0. The zero-order valence-electron chi connectivity index (χ0n) is 32.0. The molecule has 0 amide bonds. The molecular weight excluding hydrogens is 611 g/mol. The van der Waals surface area contributed by atoms with Gasteiger partial charge in [0.2, 0.25) is 0 Å². The van der Waals surface area contributed by atoms with Crippen LogP contribution in [0.4, 0.5) is 0 Å². The van der Waals surface area contributed by atoms with Crippen molar-refractivity contribution in [3.05, 3.63) is 11.3 Å². The maximum absolute atomic E-state index is 4.44. The minimum absolute atomic E-state index is 0.484. The SMILES string of the molecule is C1CCC(C2NC(C3CCCC(N4C5=C(CCCC5)C5CCCCC54)C3)NC(C3CCCC(N4C5CCCCC5C5CCCCC54)C3)N2)CC1. The summed E-state index contributed by atoms with van der Waals surface area (Å²) >= 11 is 0. The van der Waals surface area contributed by atoms with Gasteiger partial charge in [-0.2, -0.15) is 0 Å². The molecule has 8 fully saturated rings. The van der Waals surface area contributed by atoms with Gasteiger partial charge in [-0.05, 0) is 151 Å². The van der Waals surface area contributed by atoms with Gasteiger partial charge in [-0.25, -0.2) is 0 Å². The molecule has 50 heavy (non-hydrogen) atoms. The molecule has 0 aromatic rings. The van der Waals surface area contributed by atoms with E-state index in [1.54, 1.807) is 12.8 Å². The Hall–Kier alpha value is -0.620. The fourth-order valence-corrected chi connectivity index (χ4v) is 15.5. The number of nitrogens with zero attached hydrogens (tertiary/aromatic N) is 2. The standard InChI is InChI=1S/C45H75N5/c1-2-14-30(15-3-1)43-46-44(31-16-12-18-33(28-31)49-39-24-8-4-20-35(39)36-21-5-9-25-40(36)49)48-45(47-43)32-17-13-19-34(29-32)50-41-26-10-6-22-37(41)38-23-7-11-27-42(38)50/h30-37,39-41,43-48H,1-29H2. The first kappa shape index (κ1) is 33.9. The second-order valence-electron chi connectivity index (χ2n) is 20.0. The number of hydrogen-bond acceptors (Lipinski definition) is 5. The van der Waals surface area contributed by atoms with Crippen LogP contribution in [0.3, 0.4) is 0 Å². The van der Waals surface area contributed by atoms with Crippen LogP contribution in [-0.2, 0) is 0 Å². The molecular formula is C45H75N5. The molecule has 10 aliphatic rings. The second kappa shape index (κ2) is 14.9. The quantitative estimate of drug-likeness (QED) is 0.269. The van der Waals surface area contributed by atoms with Crippen molar-refractivity contribution in [3.63, 3.8) is 0 Å². The normalized spacial score (nSPS) is 47.8. The summed E-state index contributed by atoms with van der Waals surface area (Å²) in [6, 6.07) is 4.32. The van der Waals surface area contributed by atoms with E-state index in [1.165, 1.54) is 173 Å². The Balaban J connectivity index is 0.875. The molecule has 3 heterocycles. The zero-order valence-corrected chi connectivity index (χ0v) is 32.0. The molecule has 0 bridgehead atoms. The smallest absolute Gasteiger partial charge is 0.0625 e. The van der Waals surface area contributed by atoms with Gasteiger partial charge in [-0.15, -0.1) is 0 Å². The van der Waals surface area contributed by atoms with Gasteiger partial charge < -0.3 is 4.90 Å². The monoisotopic (exact) mass is 686 g/mol. The Morgan fingerprint density at radius 3 is 1.62 bits per heavy atom. The molecule has 3 aliphatic heterocycles. The maximum Gasteiger partial charge on any atom is 0.0625 e. The fraction of sp³-hybridized carbons (Fsp3) is 0.956. The van der Waals surface area contributed by atoms with Crippen LogP contribution >= 0.6 is 0 Å². The number of nitrogens with one attached hydrogen (secondary N) is 3. The van der Waals surface area contributed by atoms with E-state index in [9.17, 15) is 0 Å². The van der Waals surface area contributed by atoms with E-state index in [-0.39, 0.29) is 0 Å². The first-order valence-corrected chi connectivity index (χ1v) is 23.4. The molecule has 6 saturated carbocycles. The molecule has 5 heteroatoms. The van der Waals surface area contributed by atoms with Gasteiger partial charge in [-0.1, -0.05) is 70.6 Å². The highest BCUT2D eigenvalue weighted by Gasteiger charge is 2.53. The van der Waals surface area contributed by atoms with Gasteiger partial charge in [-0.3, -0.25) is 20.9 Å². The number of fused-ring (bicyclic) bond motifs is 5. The highest BCUT2D eigenvalue weighted by Crippen LogP contribution is 2.53.